The highest BCUT2D eigenvalue weighted by Gasteiger charge is 2.21. The van der Waals surface area contributed by atoms with Crippen LogP contribution < -0.4 is 10.6 Å². The van der Waals surface area contributed by atoms with Gasteiger partial charge in [0.15, 0.2) is 0 Å². The zero-order chi connectivity index (χ0) is 13.0. The van der Waals surface area contributed by atoms with Gasteiger partial charge in [-0.05, 0) is 18.8 Å². The van der Waals surface area contributed by atoms with Crippen molar-refractivity contribution in [3.63, 3.8) is 0 Å². The molecule has 1 aromatic rings. The molecule has 2 rings (SSSR count). The first-order valence-corrected chi connectivity index (χ1v) is 6.14. The maximum atomic E-state index is 10.8. The molecule has 0 unspecified atom stereocenters. The number of hydrogen-bond acceptors (Lipinski definition) is 5. The predicted octanol–water partition coefficient (Wildman–Crippen LogP) is 0.0607. The SMILES string of the molecule is NC(=O)CC1CCN(c2ncc(CO)cn2)CC1. The third-order valence-corrected chi connectivity index (χ3v) is 3.26. The van der Waals surface area contributed by atoms with Crippen molar-refractivity contribution in [2.45, 2.75) is 25.9 Å². The van der Waals surface area contributed by atoms with Gasteiger partial charge in [0.05, 0.1) is 6.61 Å². The number of aromatic nitrogens is 2. The fourth-order valence-corrected chi connectivity index (χ4v) is 2.21. The van der Waals surface area contributed by atoms with Crippen LogP contribution in [0.25, 0.3) is 0 Å². The van der Waals surface area contributed by atoms with Crippen molar-refractivity contribution >= 4 is 11.9 Å². The Bertz CT molecular complexity index is 399. The minimum Gasteiger partial charge on any atom is -0.392 e. The number of amides is 1. The molecule has 98 valence electrons. The second kappa shape index (κ2) is 5.77. The molecule has 0 aliphatic carbocycles. The van der Waals surface area contributed by atoms with Gasteiger partial charge < -0.3 is 15.7 Å². The van der Waals surface area contributed by atoms with E-state index in [1.165, 1.54) is 0 Å². The molecule has 0 saturated carbocycles. The van der Waals surface area contributed by atoms with Gasteiger partial charge in [-0.25, -0.2) is 9.97 Å². The fourth-order valence-electron chi connectivity index (χ4n) is 2.21. The Labute approximate surface area is 106 Å². The van der Waals surface area contributed by atoms with Crippen LogP contribution in [-0.2, 0) is 11.4 Å². The molecule has 0 aromatic carbocycles. The lowest BCUT2D eigenvalue weighted by molar-refractivity contribution is -0.119. The van der Waals surface area contributed by atoms with Crippen molar-refractivity contribution in [2.75, 3.05) is 18.0 Å². The molecule has 18 heavy (non-hydrogen) atoms. The van der Waals surface area contributed by atoms with Gasteiger partial charge in [-0.15, -0.1) is 0 Å². The maximum absolute atomic E-state index is 10.8. The minimum atomic E-state index is -0.225. The topological polar surface area (TPSA) is 92.3 Å². The molecule has 1 aliphatic rings. The Balaban J connectivity index is 1.90. The number of primary amides is 1. The number of carbonyl (C=O) groups excluding carboxylic acids is 1. The molecule has 0 atom stereocenters. The number of anilines is 1. The van der Waals surface area contributed by atoms with Crippen molar-refractivity contribution in [2.24, 2.45) is 11.7 Å². The second-order valence-electron chi connectivity index (χ2n) is 4.65. The smallest absolute Gasteiger partial charge is 0.225 e. The molecule has 3 N–H and O–H groups in total. The Kier molecular flexibility index (Phi) is 4.09. The summed E-state index contributed by atoms with van der Waals surface area (Å²) in [6.45, 7) is 1.65. The van der Waals surface area contributed by atoms with Crippen LogP contribution >= 0.6 is 0 Å². The van der Waals surface area contributed by atoms with Gasteiger partial charge in [0, 0.05) is 37.5 Å². The first kappa shape index (κ1) is 12.8. The number of piperidine rings is 1. The largest absolute Gasteiger partial charge is 0.392 e. The van der Waals surface area contributed by atoms with Gasteiger partial charge in [-0.1, -0.05) is 0 Å². The molecule has 1 saturated heterocycles. The van der Waals surface area contributed by atoms with Crippen LogP contribution in [0.5, 0.6) is 0 Å². The van der Waals surface area contributed by atoms with E-state index in [-0.39, 0.29) is 12.5 Å². The van der Waals surface area contributed by atoms with Crippen LogP contribution in [0.4, 0.5) is 5.95 Å². The number of hydrogen-bond donors (Lipinski definition) is 2. The van der Waals surface area contributed by atoms with E-state index in [1.807, 2.05) is 0 Å². The van der Waals surface area contributed by atoms with Gasteiger partial charge in [0.25, 0.3) is 0 Å². The van der Waals surface area contributed by atoms with Gasteiger partial charge in [0.2, 0.25) is 11.9 Å². The Morgan fingerprint density at radius 3 is 2.50 bits per heavy atom. The number of nitrogens with zero attached hydrogens (tertiary/aromatic N) is 3. The summed E-state index contributed by atoms with van der Waals surface area (Å²) in [5, 5.41) is 8.92. The van der Waals surface area contributed by atoms with Crippen LogP contribution in [0.1, 0.15) is 24.8 Å². The van der Waals surface area contributed by atoms with Crippen molar-refractivity contribution in [3.05, 3.63) is 18.0 Å². The van der Waals surface area contributed by atoms with E-state index in [2.05, 4.69) is 14.9 Å². The van der Waals surface area contributed by atoms with E-state index < -0.39 is 0 Å². The van der Waals surface area contributed by atoms with E-state index in [9.17, 15) is 4.79 Å². The average molecular weight is 250 g/mol. The number of rotatable bonds is 4. The summed E-state index contributed by atoms with van der Waals surface area (Å²) >= 11 is 0. The molecule has 0 bridgehead atoms. The van der Waals surface area contributed by atoms with Crippen LogP contribution in [-0.4, -0.2) is 34.1 Å². The molecular formula is C12H18N4O2. The van der Waals surface area contributed by atoms with Crippen molar-refractivity contribution in [1.29, 1.82) is 0 Å². The van der Waals surface area contributed by atoms with Gasteiger partial charge in [-0.3, -0.25) is 4.79 Å². The zero-order valence-corrected chi connectivity index (χ0v) is 10.2. The van der Waals surface area contributed by atoms with Crippen LogP contribution in [0.2, 0.25) is 0 Å². The molecule has 1 amide bonds. The molecular weight excluding hydrogens is 232 g/mol. The standard InChI is InChI=1S/C12H18N4O2/c13-11(18)5-9-1-3-16(4-2-9)12-14-6-10(8-17)7-15-12/h6-7,9,17H,1-5,8H2,(H2,13,18). The van der Waals surface area contributed by atoms with Gasteiger partial charge >= 0.3 is 0 Å². The molecule has 1 aromatic heterocycles. The molecule has 0 radical (unpaired) electrons. The summed E-state index contributed by atoms with van der Waals surface area (Å²) in [5.74, 6) is 0.845. The number of aliphatic hydroxyl groups excluding tert-OH is 1. The summed E-state index contributed by atoms with van der Waals surface area (Å²) in [7, 11) is 0. The molecule has 2 heterocycles. The summed E-state index contributed by atoms with van der Waals surface area (Å²) in [6, 6.07) is 0. The molecule has 6 heteroatoms. The van der Waals surface area contributed by atoms with E-state index in [0.717, 1.165) is 25.9 Å². The number of carbonyl (C=O) groups is 1. The molecule has 6 nitrogen and oxygen atoms in total. The lowest BCUT2D eigenvalue weighted by atomic mass is 9.93. The average Bonchev–Trinajstić information content (AvgIpc) is 2.39. The van der Waals surface area contributed by atoms with E-state index in [4.69, 9.17) is 10.8 Å². The normalized spacial score (nSPS) is 16.8. The zero-order valence-electron chi connectivity index (χ0n) is 10.2. The van der Waals surface area contributed by atoms with Crippen molar-refractivity contribution in [1.82, 2.24) is 9.97 Å². The molecule has 1 fully saturated rings. The van der Waals surface area contributed by atoms with Crippen LogP contribution in [0.3, 0.4) is 0 Å². The second-order valence-corrected chi connectivity index (χ2v) is 4.65. The van der Waals surface area contributed by atoms with Crippen LogP contribution in [0, 0.1) is 5.92 Å². The third-order valence-electron chi connectivity index (χ3n) is 3.26. The maximum Gasteiger partial charge on any atom is 0.225 e. The number of nitrogens with two attached hydrogens (primary N) is 1. The fraction of sp³-hybridized carbons (Fsp3) is 0.583. The van der Waals surface area contributed by atoms with E-state index in [0.29, 0.717) is 23.9 Å². The Hall–Kier alpha value is -1.69. The summed E-state index contributed by atoms with van der Waals surface area (Å²) in [6.07, 6.45) is 5.62. The molecule has 0 spiro atoms. The lowest BCUT2D eigenvalue weighted by Gasteiger charge is -2.31. The highest BCUT2D eigenvalue weighted by molar-refractivity contribution is 5.74. The lowest BCUT2D eigenvalue weighted by Crippen LogP contribution is -2.36. The Morgan fingerprint density at radius 1 is 1.39 bits per heavy atom. The van der Waals surface area contributed by atoms with Crippen molar-refractivity contribution < 1.29 is 9.90 Å². The monoisotopic (exact) mass is 250 g/mol. The first-order chi connectivity index (χ1) is 8.69. The minimum absolute atomic E-state index is 0.0407. The molecule has 1 aliphatic heterocycles. The third kappa shape index (κ3) is 3.16. The summed E-state index contributed by atoms with van der Waals surface area (Å²) < 4.78 is 0. The summed E-state index contributed by atoms with van der Waals surface area (Å²) in [5.41, 5.74) is 5.91. The quantitative estimate of drug-likeness (QED) is 0.788. The first-order valence-electron chi connectivity index (χ1n) is 6.14. The van der Waals surface area contributed by atoms with E-state index in [1.54, 1.807) is 12.4 Å². The van der Waals surface area contributed by atoms with Gasteiger partial charge in [0.1, 0.15) is 0 Å². The predicted molar refractivity (Wildman–Crippen MR) is 66.7 cm³/mol. The highest BCUT2D eigenvalue weighted by atomic mass is 16.3. The van der Waals surface area contributed by atoms with Gasteiger partial charge in [-0.2, -0.15) is 0 Å². The number of aliphatic hydroxyl groups is 1. The van der Waals surface area contributed by atoms with Crippen LogP contribution in [0.15, 0.2) is 12.4 Å². The summed E-state index contributed by atoms with van der Waals surface area (Å²) in [4.78, 5) is 21.4. The van der Waals surface area contributed by atoms with E-state index >= 15 is 0 Å². The Morgan fingerprint density at radius 2 is 2.00 bits per heavy atom. The highest BCUT2D eigenvalue weighted by Crippen LogP contribution is 2.22. The van der Waals surface area contributed by atoms with Crippen molar-refractivity contribution in [3.8, 4) is 0 Å².